The van der Waals surface area contributed by atoms with Gasteiger partial charge in [-0.15, -0.1) is 0 Å². The van der Waals surface area contributed by atoms with Crippen molar-refractivity contribution in [2.75, 3.05) is 12.8 Å². The maximum absolute atomic E-state index is 11.4. The minimum Gasteiger partial charge on any atom is -0.465 e. The summed E-state index contributed by atoms with van der Waals surface area (Å²) >= 11 is 0. The molecule has 0 unspecified atom stereocenters. The molecule has 2 rings (SSSR count). The summed E-state index contributed by atoms with van der Waals surface area (Å²) in [6.45, 7) is 0. The predicted molar refractivity (Wildman–Crippen MR) is 65.6 cm³/mol. The Labute approximate surface area is 108 Å². The van der Waals surface area contributed by atoms with Gasteiger partial charge >= 0.3 is 5.97 Å². The van der Waals surface area contributed by atoms with Gasteiger partial charge in [0.05, 0.1) is 24.6 Å². The maximum Gasteiger partial charge on any atom is 0.338 e. The molecular weight excluding hydrogens is 250 g/mol. The molecule has 0 spiro atoms. The molecule has 0 aliphatic rings. The Morgan fingerprint density at radius 3 is 2.74 bits per heavy atom. The number of aromatic nitrogens is 3. The van der Waals surface area contributed by atoms with Crippen LogP contribution in [0.1, 0.15) is 20.8 Å². The number of methoxy groups -OCH3 is 1. The molecule has 0 bridgehead atoms. The van der Waals surface area contributed by atoms with E-state index in [1.807, 2.05) is 0 Å². The summed E-state index contributed by atoms with van der Waals surface area (Å²) in [5.41, 5.74) is 11.1. The third-order valence-corrected chi connectivity index (χ3v) is 2.38. The van der Waals surface area contributed by atoms with Crippen molar-refractivity contribution < 1.29 is 14.3 Å². The van der Waals surface area contributed by atoms with Crippen molar-refractivity contribution in [1.82, 2.24) is 14.8 Å². The lowest BCUT2D eigenvalue weighted by Gasteiger charge is -2.02. The van der Waals surface area contributed by atoms with Gasteiger partial charge in [-0.1, -0.05) is 0 Å². The third kappa shape index (κ3) is 2.37. The first-order chi connectivity index (χ1) is 9.02. The van der Waals surface area contributed by atoms with Crippen molar-refractivity contribution in [3.63, 3.8) is 0 Å². The van der Waals surface area contributed by atoms with E-state index in [-0.39, 0.29) is 11.4 Å². The monoisotopic (exact) mass is 261 g/mol. The average Bonchev–Trinajstić information content (AvgIpc) is 2.80. The molecule has 2 aromatic rings. The van der Waals surface area contributed by atoms with Crippen molar-refractivity contribution in [2.45, 2.75) is 0 Å². The molecule has 0 atom stereocenters. The summed E-state index contributed by atoms with van der Waals surface area (Å²) in [5.74, 6) is -0.915. The smallest absolute Gasteiger partial charge is 0.338 e. The number of nitrogens with two attached hydrogens (primary N) is 2. The lowest BCUT2D eigenvalue weighted by atomic mass is 10.2. The second-order valence-electron chi connectivity index (χ2n) is 3.64. The van der Waals surface area contributed by atoms with Crippen LogP contribution in [0.25, 0.3) is 5.82 Å². The number of ether oxygens (including phenoxy) is 1. The fraction of sp³-hybridized carbons (Fsp3) is 0.0909. The highest BCUT2D eigenvalue weighted by molar-refractivity contribution is 5.95. The van der Waals surface area contributed by atoms with Gasteiger partial charge in [0.15, 0.2) is 11.5 Å². The van der Waals surface area contributed by atoms with Crippen LogP contribution in [-0.2, 0) is 4.74 Å². The molecule has 2 aromatic heterocycles. The zero-order chi connectivity index (χ0) is 14.0. The third-order valence-electron chi connectivity index (χ3n) is 2.38. The van der Waals surface area contributed by atoms with E-state index in [0.717, 1.165) is 0 Å². The normalized spacial score (nSPS) is 10.2. The molecule has 8 heteroatoms. The van der Waals surface area contributed by atoms with Crippen LogP contribution in [0.3, 0.4) is 0 Å². The molecule has 19 heavy (non-hydrogen) atoms. The molecule has 0 saturated heterocycles. The van der Waals surface area contributed by atoms with E-state index in [0.29, 0.717) is 11.4 Å². The van der Waals surface area contributed by atoms with Gasteiger partial charge in [-0.25, -0.2) is 14.5 Å². The summed E-state index contributed by atoms with van der Waals surface area (Å²) < 4.78 is 5.86. The second-order valence-corrected chi connectivity index (χ2v) is 3.64. The first-order valence-corrected chi connectivity index (χ1v) is 5.22. The minimum atomic E-state index is -0.736. The van der Waals surface area contributed by atoms with Crippen LogP contribution in [0.15, 0.2) is 24.5 Å². The molecule has 2 heterocycles. The van der Waals surface area contributed by atoms with Crippen LogP contribution in [0.4, 0.5) is 5.69 Å². The number of pyridine rings is 1. The Morgan fingerprint density at radius 1 is 1.42 bits per heavy atom. The molecule has 0 aromatic carbocycles. The molecule has 0 radical (unpaired) electrons. The lowest BCUT2D eigenvalue weighted by Crippen LogP contribution is -2.14. The number of rotatable bonds is 3. The number of anilines is 1. The van der Waals surface area contributed by atoms with Gasteiger partial charge in [0.1, 0.15) is 0 Å². The van der Waals surface area contributed by atoms with E-state index in [2.05, 4.69) is 14.8 Å². The molecule has 4 N–H and O–H groups in total. The zero-order valence-corrected chi connectivity index (χ0v) is 10.0. The van der Waals surface area contributed by atoms with E-state index in [4.69, 9.17) is 11.5 Å². The number of carbonyl (C=O) groups is 2. The molecule has 98 valence electrons. The van der Waals surface area contributed by atoms with Crippen LogP contribution in [0.5, 0.6) is 0 Å². The highest BCUT2D eigenvalue weighted by Crippen LogP contribution is 2.13. The number of esters is 1. The van der Waals surface area contributed by atoms with Crippen molar-refractivity contribution in [3.05, 3.63) is 35.8 Å². The second kappa shape index (κ2) is 4.77. The number of primary amides is 1. The number of hydrogen-bond acceptors (Lipinski definition) is 6. The van der Waals surface area contributed by atoms with Crippen molar-refractivity contribution in [3.8, 4) is 5.82 Å². The molecule has 0 aliphatic heterocycles. The maximum atomic E-state index is 11.4. The minimum absolute atomic E-state index is 0.0507. The Morgan fingerprint density at radius 2 is 2.16 bits per heavy atom. The van der Waals surface area contributed by atoms with E-state index in [1.54, 1.807) is 0 Å². The van der Waals surface area contributed by atoms with Gasteiger partial charge in [0, 0.05) is 6.20 Å². The molecular formula is C11H11N5O3. The molecule has 0 fully saturated rings. The molecule has 0 saturated carbocycles. The van der Waals surface area contributed by atoms with Gasteiger partial charge in [0.2, 0.25) is 0 Å². The first kappa shape index (κ1) is 12.6. The molecule has 8 nitrogen and oxygen atoms in total. The Balaban J connectivity index is 2.45. The van der Waals surface area contributed by atoms with Crippen LogP contribution in [-0.4, -0.2) is 33.8 Å². The Hall–Kier alpha value is -2.90. The van der Waals surface area contributed by atoms with E-state index >= 15 is 0 Å². The van der Waals surface area contributed by atoms with Crippen molar-refractivity contribution in [2.24, 2.45) is 5.73 Å². The fourth-order valence-electron chi connectivity index (χ4n) is 1.48. The van der Waals surface area contributed by atoms with Gasteiger partial charge < -0.3 is 16.2 Å². The highest BCUT2D eigenvalue weighted by Gasteiger charge is 2.14. The number of carbonyl (C=O) groups excluding carboxylic acids is 2. The number of amides is 1. The first-order valence-electron chi connectivity index (χ1n) is 5.22. The molecule has 1 amide bonds. The summed E-state index contributed by atoms with van der Waals surface area (Å²) in [4.78, 5) is 26.5. The summed E-state index contributed by atoms with van der Waals surface area (Å²) in [5, 5.41) is 3.91. The molecule has 0 aliphatic carbocycles. The zero-order valence-electron chi connectivity index (χ0n) is 10.0. The van der Waals surface area contributed by atoms with Crippen LogP contribution in [0, 0.1) is 0 Å². The number of nitrogens with zero attached hydrogens (tertiary/aromatic N) is 3. The van der Waals surface area contributed by atoms with Crippen molar-refractivity contribution >= 4 is 17.6 Å². The fourth-order valence-corrected chi connectivity index (χ4v) is 1.48. The number of nitrogen functional groups attached to an aromatic ring is 1. The highest BCUT2D eigenvalue weighted by atomic mass is 16.5. The quantitative estimate of drug-likeness (QED) is 0.732. The standard InChI is InChI=1S/C11H11N5O3/c1-19-11(18)6-2-3-14-8(4-6)16-5-7(12)9(15-16)10(13)17/h2-5H,12H2,1H3,(H2,13,17). The van der Waals surface area contributed by atoms with Crippen LogP contribution >= 0.6 is 0 Å². The van der Waals surface area contributed by atoms with E-state index < -0.39 is 11.9 Å². The lowest BCUT2D eigenvalue weighted by molar-refractivity contribution is 0.0600. The van der Waals surface area contributed by atoms with Crippen LogP contribution in [0.2, 0.25) is 0 Å². The van der Waals surface area contributed by atoms with Gasteiger partial charge in [-0.2, -0.15) is 5.10 Å². The topological polar surface area (TPSA) is 126 Å². The Kier molecular flexibility index (Phi) is 3.15. The average molecular weight is 261 g/mol. The van der Waals surface area contributed by atoms with Crippen molar-refractivity contribution in [1.29, 1.82) is 0 Å². The predicted octanol–water partition coefficient (Wildman–Crippen LogP) is -0.265. The Bertz CT molecular complexity index is 650. The van der Waals surface area contributed by atoms with E-state index in [1.165, 1.54) is 36.3 Å². The van der Waals surface area contributed by atoms with Gasteiger partial charge in [-0.3, -0.25) is 4.79 Å². The summed E-state index contributed by atoms with van der Waals surface area (Å²) in [6, 6.07) is 2.96. The van der Waals surface area contributed by atoms with Gasteiger partial charge in [0.25, 0.3) is 5.91 Å². The SMILES string of the molecule is COC(=O)c1ccnc(-n2cc(N)c(C(N)=O)n2)c1. The van der Waals surface area contributed by atoms with Crippen LogP contribution < -0.4 is 11.5 Å². The summed E-state index contributed by atoms with van der Waals surface area (Å²) in [7, 11) is 1.28. The number of hydrogen-bond donors (Lipinski definition) is 2. The van der Waals surface area contributed by atoms with E-state index in [9.17, 15) is 9.59 Å². The summed E-state index contributed by atoms with van der Waals surface area (Å²) in [6.07, 6.45) is 2.81. The van der Waals surface area contributed by atoms with Gasteiger partial charge in [-0.05, 0) is 12.1 Å². The largest absolute Gasteiger partial charge is 0.465 e.